The Morgan fingerprint density at radius 3 is 1.52 bits per heavy atom. The van der Waals surface area contributed by atoms with Gasteiger partial charge < -0.3 is 47.7 Å². The Morgan fingerprint density at radius 2 is 1.00 bits per heavy atom. The average molecular weight is 713 g/mol. The van der Waals surface area contributed by atoms with Gasteiger partial charge in [-0.3, -0.25) is 0 Å². The van der Waals surface area contributed by atoms with Crippen LogP contribution in [0.15, 0.2) is 121 Å². The van der Waals surface area contributed by atoms with Gasteiger partial charge in [0, 0.05) is 0 Å². The molecule has 10 heteroatoms. The third-order valence-electron chi connectivity index (χ3n) is 9.38. The Morgan fingerprint density at radius 1 is 0.519 bits per heavy atom. The van der Waals surface area contributed by atoms with Crippen LogP contribution in [0, 0.1) is 0 Å². The lowest BCUT2D eigenvalue weighted by molar-refractivity contribution is -0.333. The summed E-state index contributed by atoms with van der Waals surface area (Å²) in [5, 5.41) is 11.2. The van der Waals surface area contributed by atoms with E-state index in [2.05, 4.69) is 0 Å². The maximum absolute atomic E-state index is 11.2. The molecule has 0 saturated carbocycles. The predicted molar refractivity (Wildman–Crippen MR) is 190 cm³/mol. The highest BCUT2D eigenvalue weighted by Crippen LogP contribution is 2.38. The lowest BCUT2D eigenvalue weighted by Gasteiger charge is -2.46. The largest absolute Gasteiger partial charge is 0.387 e. The third kappa shape index (κ3) is 9.52. The molecule has 4 aromatic carbocycles. The fourth-order valence-corrected chi connectivity index (χ4v) is 6.77. The lowest BCUT2D eigenvalue weighted by Crippen LogP contribution is -2.62. The second-order valence-corrected chi connectivity index (χ2v) is 13.8. The average Bonchev–Trinajstić information content (AvgIpc) is 3.63. The second kappa shape index (κ2) is 17.5. The van der Waals surface area contributed by atoms with Gasteiger partial charge in [-0.25, -0.2) is 0 Å². The Bertz CT molecular complexity index is 1630. The fraction of sp³-hybridized carbons (Fsp3) is 0.429. The summed E-state index contributed by atoms with van der Waals surface area (Å²) < 4.78 is 57.6. The molecule has 0 spiro atoms. The van der Waals surface area contributed by atoms with Crippen LogP contribution < -0.4 is 0 Å². The summed E-state index contributed by atoms with van der Waals surface area (Å²) in [4.78, 5) is 0. The van der Waals surface area contributed by atoms with E-state index in [-0.39, 0.29) is 19.8 Å². The number of benzene rings is 4. The maximum Gasteiger partial charge on any atom is 0.190 e. The van der Waals surface area contributed by atoms with Crippen molar-refractivity contribution in [2.75, 3.05) is 13.2 Å². The van der Waals surface area contributed by atoms with E-state index in [1.165, 1.54) is 0 Å². The van der Waals surface area contributed by atoms with Gasteiger partial charge in [-0.2, -0.15) is 0 Å². The van der Waals surface area contributed by atoms with Crippen LogP contribution in [-0.2, 0) is 69.1 Å². The molecule has 9 atom stereocenters. The highest BCUT2D eigenvalue weighted by molar-refractivity contribution is 5.16. The van der Waals surface area contributed by atoms with Gasteiger partial charge >= 0.3 is 0 Å². The van der Waals surface area contributed by atoms with Gasteiger partial charge in [0.15, 0.2) is 18.4 Å². The third-order valence-corrected chi connectivity index (χ3v) is 9.38. The monoisotopic (exact) mass is 712 g/mol. The Hall–Kier alpha value is -3.52. The molecule has 3 fully saturated rings. The molecule has 10 nitrogen and oxygen atoms in total. The highest BCUT2D eigenvalue weighted by atomic mass is 16.8. The number of hydrogen-bond acceptors (Lipinski definition) is 10. The van der Waals surface area contributed by atoms with Gasteiger partial charge in [-0.1, -0.05) is 121 Å². The zero-order valence-electron chi connectivity index (χ0n) is 29.6. The molecule has 3 aliphatic heterocycles. The summed E-state index contributed by atoms with van der Waals surface area (Å²) in [6.45, 7) is 5.10. The van der Waals surface area contributed by atoms with Gasteiger partial charge in [0.25, 0.3) is 0 Å². The van der Waals surface area contributed by atoms with Crippen LogP contribution in [0.1, 0.15) is 36.1 Å². The first kappa shape index (κ1) is 36.8. The van der Waals surface area contributed by atoms with Crippen LogP contribution in [0.25, 0.3) is 0 Å². The summed E-state index contributed by atoms with van der Waals surface area (Å²) in [5.74, 6) is -0.851. The van der Waals surface area contributed by atoms with Crippen molar-refractivity contribution in [3.05, 3.63) is 144 Å². The first-order valence-corrected chi connectivity index (χ1v) is 18.0. The van der Waals surface area contributed by atoms with Crippen LogP contribution in [0.2, 0.25) is 0 Å². The Labute approximate surface area is 305 Å². The molecular formula is C42H48O10. The van der Waals surface area contributed by atoms with Crippen molar-refractivity contribution < 1.29 is 47.7 Å². The minimum Gasteiger partial charge on any atom is -0.387 e. The van der Waals surface area contributed by atoms with Crippen molar-refractivity contribution in [2.45, 2.75) is 101 Å². The molecule has 276 valence electrons. The number of fused-ring (bicyclic) bond motifs is 1. The van der Waals surface area contributed by atoms with Crippen LogP contribution in [0.4, 0.5) is 0 Å². The van der Waals surface area contributed by atoms with E-state index >= 15 is 0 Å². The molecule has 7 rings (SSSR count). The van der Waals surface area contributed by atoms with E-state index in [0.29, 0.717) is 19.8 Å². The van der Waals surface area contributed by atoms with Crippen molar-refractivity contribution >= 4 is 0 Å². The summed E-state index contributed by atoms with van der Waals surface area (Å²) in [6.07, 6.45) is -6.51. The van der Waals surface area contributed by atoms with Gasteiger partial charge in [0.1, 0.15) is 42.7 Å². The second-order valence-electron chi connectivity index (χ2n) is 13.8. The standard InChI is InChI=1S/C42H48O10/c1-42(2)51-37-35(43)33(49-41(37)52-42)28-48-40-39(47-26-32-21-13-6-14-22-32)38(46-25-31-19-11-5-12-20-31)36(45-24-30-17-9-4-10-18-30)34(50-40)27-44-23-29-15-7-3-8-16-29/h3-22,33-41,43H,23-28H2,1-2H3/t33-,34-,35+,36-,37-,38+,39-,40+,41-/m1/s1. The Balaban J connectivity index is 1.16. The molecule has 3 saturated heterocycles. The molecule has 0 aliphatic carbocycles. The molecule has 0 amide bonds. The number of ether oxygens (including phenoxy) is 9. The van der Waals surface area contributed by atoms with Crippen molar-refractivity contribution in [3.8, 4) is 0 Å². The van der Waals surface area contributed by atoms with Crippen LogP contribution in [0.3, 0.4) is 0 Å². The molecular weight excluding hydrogens is 664 g/mol. The van der Waals surface area contributed by atoms with Gasteiger partial charge in [-0.05, 0) is 36.1 Å². The topological polar surface area (TPSA) is 103 Å². The van der Waals surface area contributed by atoms with E-state index in [1.807, 2.05) is 121 Å². The molecule has 0 unspecified atom stereocenters. The molecule has 0 aromatic heterocycles. The molecule has 1 N–H and O–H groups in total. The van der Waals surface area contributed by atoms with Crippen LogP contribution >= 0.6 is 0 Å². The summed E-state index contributed by atoms with van der Waals surface area (Å²) in [5.41, 5.74) is 4.04. The van der Waals surface area contributed by atoms with Crippen molar-refractivity contribution in [1.82, 2.24) is 0 Å². The minimum atomic E-state index is -0.962. The summed E-state index contributed by atoms with van der Waals surface area (Å²) >= 11 is 0. The molecule has 3 heterocycles. The van der Waals surface area contributed by atoms with E-state index < -0.39 is 61.1 Å². The molecule has 0 bridgehead atoms. The SMILES string of the molecule is CC1(C)O[C@H]2O[C@H](CO[C@H]3O[C@H](COCc4ccccc4)[C@@H](OCc4ccccc4)[C@H](OCc4ccccc4)[C@H]3OCc3ccccc3)[C@H](O)[C@H]2O1. The molecule has 4 aromatic rings. The lowest BCUT2D eigenvalue weighted by atomic mass is 9.97. The first-order valence-electron chi connectivity index (χ1n) is 18.0. The normalized spacial score (nSPS) is 29.6. The number of aliphatic hydroxyl groups excluding tert-OH is 1. The zero-order valence-corrected chi connectivity index (χ0v) is 29.6. The van der Waals surface area contributed by atoms with Crippen molar-refractivity contribution in [2.24, 2.45) is 0 Å². The molecule has 3 aliphatic rings. The van der Waals surface area contributed by atoms with Gasteiger partial charge in [0.2, 0.25) is 0 Å². The van der Waals surface area contributed by atoms with E-state index in [9.17, 15) is 5.11 Å². The van der Waals surface area contributed by atoms with Crippen LogP contribution in [-0.4, -0.2) is 79.4 Å². The minimum absolute atomic E-state index is 0.00425. The van der Waals surface area contributed by atoms with E-state index in [4.69, 9.17) is 42.6 Å². The number of rotatable bonds is 16. The summed E-state index contributed by atoms with van der Waals surface area (Å²) in [7, 11) is 0. The fourth-order valence-electron chi connectivity index (χ4n) is 6.77. The first-order chi connectivity index (χ1) is 25.4. The van der Waals surface area contributed by atoms with Gasteiger partial charge in [-0.15, -0.1) is 0 Å². The van der Waals surface area contributed by atoms with E-state index in [0.717, 1.165) is 22.3 Å². The molecule has 52 heavy (non-hydrogen) atoms. The van der Waals surface area contributed by atoms with Crippen molar-refractivity contribution in [1.29, 1.82) is 0 Å². The Kier molecular flexibility index (Phi) is 12.4. The van der Waals surface area contributed by atoms with E-state index in [1.54, 1.807) is 13.8 Å². The smallest absolute Gasteiger partial charge is 0.190 e. The van der Waals surface area contributed by atoms with Crippen LogP contribution in [0.5, 0.6) is 0 Å². The summed E-state index contributed by atoms with van der Waals surface area (Å²) in [6, 6.07) is 39.9. The zero-order chi connectivity index (χ0) is 35.8. The maximum atomic E-state index is 11.2. The van der Waals surface area contributed by atoms with Crippen molar-refractivity contribution in [3.63, 3.8) is 0 Å². The highest BCUT2D eigenvalue weighted by Gasteiger charge is 2.55. The molecule has 0 radical (unpaired) electrons. The number of hydrogen-bond donors (Lipinski definition) is 1. The van der Waals surface area contributed by atoms with Gasteiger partial charge in [0.05, 0.1) is 39.6 Å². The number of aliphatic hydroxyl groups is 1. The quantitative estimate of drug-likeness (QED) is 0.150. The predicted octanol–water partition coefficient (Wildman–Crippen LogP) is 5.94.